The minimum atomic E-state index is -0.947. The molecule has 1 aliphatic heterocycles. The van der Waals surface area contributed by atoms with Gasteiger partial charge in [0.25, 0.3) is 0 Å². The molecule has 144 valence electrons. The molecule has 7 N–H and O–H groups in total. The number of thiazole rings is 1. The molecule has 0 atom stereocenters. The number of carboxylic acids is 1. The number of anilines is 1. The van der Waals surface area contributed by atoms with Crippen molar-refractivity contribution in [3.63, 3.8) is 0 Å². The third-order valence-corrected chi connectivity index (χ3v) is 5.01. The van der Waals surface area contributed by atoms with Crippen LogP contribution in [0.3, 0.4) is 0 Å². The number of nitrogen functional groups attached to an aromatic ring is 1. The van der Waals surface area contributed by atoms with Gasteiger partial charge in [0.1, 0.15) is 12.4 Å². The topological polar surface area (TPSA) is 141 Å². The maximum atomic E-state index is 9.46. The minimum Gasteiger partial charge on any atom is -0.480 e. The van der Waals surface area contributed by atoms with E-state index in [4.69, 9.17) is 27.9 Å². The number of aliphatic carboxylic acids is 1. The van der Waals surface area contributed by atoms with Crippen LogP contribution >= 0.6 is 22.9 Å². The van der Waals surface area contributed by atoms with Crippen LogP contribution in [0.4, 0.5) is 5.13 Å². The van der Waals surface area contributed by atoms with Gasteiger partial charge in [0.15, 0.2) is 5.13 Å². The SMILES string of the molecule is N=C(N)c1cnc(N2CC=C(c3cccc(Cl)c3)CC2)s1.NNCC(=O)O. The van der Waals surface area contributed by atoms with Crippen LogP contribution in [0.15, 0.2) is 36.5 Å². The number of halogens is 1. The number of carboxylic acid groups (broad SMARTS) is 1. The van der Waals surface area contributed by atoms with E-state index >= 15 is 0 Å². The molecule has 0 saturated carbocycles. The van der Waals surface area contributed by atoms with Crippen LogP contribution in [0.5, 0.6) is 0 Å². The molecule has 1 aromatic heterocycles. The van der Waals surface area contributed by atoms with E-state index < -0.39 is 5.97 Å². The third kappa shape index (κ3) is 6.33. The summed E-state index contributed by atoms with van der Waals surface area (Å²) in [5, 5.41) is 16.9. The molecule has 1 aliphatic rings. The van der Waals surface area contributed by atoms with Crippen LogP contribution in [-0.4, -0.2) is 41.5 Å². The van der Waals surface area contributed by atoms with Crippen molar-refractivity contribution in [2.24, 2.45) is 11.6 Å². The number of aromatic nitrogens is 1. The van der Waals surface area contributed by atoms with Gasteiger partial charge in [-0.05, 0) is 29.7 Å². The Labute approximate surface area is 165 Å². The Hall–Kier alpha value is -2.46. The number of nitrogens with zero attached hydrogens (tertiary/aromatic N) is 2. The maximum Gasteiger partial charge on any atom is 0.318 e. The normalized spacial score (nSPS) is 13.4. The van der Waals surface area contributed by atoms with Crippen LogP contribution < -0.4 is 21.9 Å². The van der Waals surface area contributed by atoms with Crippen molar-refractivity contribution in [1.29, 1.82) is 5.41 Å². The quantitative estimate of drug-likeness (QED) is 0.220. The van der Waals surface area contributed by atoms with Gasteiger partial charge in [-0.15, -0.1) is 0 Å². The minimum absolute atomic E-state index is 0.0749. The van der Waals surface area contributed by atoms with Crippen LogP contribution in [0.2, 0.25) is 5.02 Å². The molecule has 27 heavy (non-hydrogen) atoms. The first-order chi connectivity index (χ1) is 12.9. The largest absolute Gasteiger partial charge is 0.480 e. The van der Waals surface area contributed by atoms with E-state index in [9.17, 15) is 4.79 Å². The standard InChI is InChI=1S/C15H15ClN4S.C2H6N2O2/c16-12-3-1-2-11(8-12)10-4-6-20(7-5-10)15-19-9-13(21-15)14(17)18;3-4-1-2(5)6/h1-4,8-9H,5-7H2,(H3,17,18);4H,1,3H2,(H,5,6). The third-order valence-electron chi connectivity index (χ3n) is 3.69. The highest BCUT2D eigenvalue weighted by atomic mass is 35.5. The highest BCUT2D eigenvalue weighted by Crippen LogP contribution is 2.29. The molecule has 0 radical (unpaired) electrons. The molecule has 0 unspecified atom stereocenters. The smallest absolute Gasteiger partial charge is 0.318 e. The molecule has 0 bridgehead atoms. The summed E-state index contributed by atoms with van der Waals surface area (Å²) in [5.41, 5.74) is 9.95. The summed E-state index contributed by atoms with van der Waals surface area (Å²) in [6.07, 6.45) is 4.83. The molecule has 0 spiro atoms. The summed E-state index contributed by atoms with van der Waals surface area (Å²) in [6.45, 7) is 1.54. The summed E-state index contributed by atoms with van der Waals surface area (Å²) < 4.78 is 0. The zero-order valence-corrected chi connectivity index (χ0v) is 16.1. The van der Waals surface area contributed by atoms with Crippen molar-refractivity contribution in [1.82, 2.24) is 10.4 Å². The Balaban J connectivity index is 0.000000380. The number of rotatable bonds is 5. The van der Waals surface area contributed by atoms with Crippen molar-refractivity contribution < 1.29 is 9.90 Å². The highest BCUT2D eigenvalue weighted by Gasteiger charge is 2.16. The lowest BCUT2D eigenvalue weighted by molar-refractivity contribution is -0.135. The monoisotopic (exact) mass is 408 g/mol. The van der Waals surface area contributed by atoms with Gasteiger partial charge >= 0.3 is 5.97 Å². The highest BCUT2D eigenvalue weighted by molar-refractivity contribution is 7.17. The van der Waals surface area contributed by atoms with E-state index in [2.05, 4.69) is 27.9 Å². The van der Waals surface area contributed by atoms with Gasteiger partial charge in [-0.2, -0.15) is 0 Å². The number of benzene rings is 1. The second-order valence-electron chi connectivity index (χ2n) is 5.63. The fraction of sp³-hybridized carbons (Fsp3) is 0.235. The molecular formula is C17H21ClN6O2S. The molecule has 0 saturated heterocycles. The first-order valence-electron chi connectivity index (χ1n) is 8.06. The second-order valence-corrected chi connectivity index (χ2v) is 7.08. The zero-order chi connectivity index (χ0) is 19.8. The molecule has 8 nitrogen and oxygen atoms in total. The van der Waals surface area contributed by atoms with E-state index in [-0.39, 0.29) is 12.4 Å². The molecule has 0 fully saturated rings. The molecule has 2 aromatic rings. The van der Waals surface area contributed by atoms with Gasteiger partial charge in [0, 0.05) is 18.1 Å². The molecular weight excluding hydrogens is 388 g/mol. The number of hydrogen-bond acceptors (Lipinski definition) is 7. The second kappa shape index (κ2) is 10.0. The zero-order valence-electron chi connectivity index (χ0n) is 14.5. The summed E-state index contributed by atoms with van der Waals surface area (Å²) in [7, 11) is 0. The number of nitrogens with two attached hydrogens (primary N) is 2. The Bertz CT molecular complexity index is 838. The lowest BCUT2D eigenvalue weighted by atomic mass is 10.00. The van der Waals surface area contributed by atoms with Crippen molar-refractivity contribution in [3.05, 3.63) is 52.0 Å². The number of amidine groups is 1. The fourth-order valence-electron chi connectivity index (χ4n) is 2.42. The van der Waals surface area contributed by atoms with E-state index in [1.165, 1.54) is 22.5 Å². The van der Waals surface area contributed by atoms with E-state index in [1.807, 2.05) is 23.6 Å². The molecule has 2 heterocycles. The number of hydrazine groups is 1. The maximum absolute atomic E-state index is 9.46. The van der Waals surface area contributed by atoms with Gasteiger partial charge in [-0.3, -0.25) is 16.0 Å². The summed E-state index contributed by atoms with van der Waals surface area (Å²) in [6, 6.07) is 7.95. The molecule has 3 rings (SSSR count). The van der Waals surface area contributed by atoms with E-state index in [1.54, 1.807) is 6.20 Å². The first-order valence-corrected chi connectivity index (χ1v) is 9.25. The van der Waals surface area contributed by atoms with Crippen molar-refractivity contribution in [2.75, 3.05) is 24.5 Å². The van der Waals surface area contributed by atoms with Crippen LogP contribution in [0, 0.1) is 5.41 Å². The molecule has 0 aliphatic carbocycles. The number of carbonyl (C=O) groups is 1. The summed E-state index contributed by atoms with van der Waals surface area (Å²) >= 11 is 7.51. The summed E-state index contributed by atoms with van der Waals surface area (Å²) in [4.78, 5) is 16.7. The van der Waals surface area contributed by atoms with Crippen molar-refractivity contribution >= 4 is 45.4 Å². The lowest BCUT2D eigenvalue weighted by Crippen LogP contribution is -2.28. The van der Waals surface area contributed by atoms with Gasteiger partial charge in [-0.25, -0.2) is 10.4 Å². The van der Waals surface area contributed by atoms with E-state index in [0.717, 1.165) is 34.5 Å². The lowest BCUT2D eigenvalue weighted by Gasteiger charge is -2.26. The van der Waals surface area contributed by atoms with Gasteiger partial charge in [-0.1, -0.05) is 41.1 Å². The van der Waals surface area contributed by atoms with Gasteiger partial charge in [0.2, 0.25) is 0 Å². The van der Waals surface area contributed by atoms with E-state index in [0.29, 0.717) is 0 Å². The summed E-state index contributed by atoms with van der Waals surface area (Å²) in [5.74, 6) is 3.73. The van der Waals surface area contributed by atoms with Gasteiger partial charge < -0.3 is 15.7 Å². The van der Waals surface area contributed by atoms with Crippen LogP contribution in [0.1, 0.15) is 16.9 Å². The molecule has 1 aromatic carbocycles. The fourth-order valence-corrected chi connectivity index (χ4v) is 3.42. The Morgan fingerprint density at radius 2 is 2.26 bits per heavy atom. The van der Waals surface area contributed by atoms with Crippen molar-refractivity contribution in [2.45, 2.75) is 6.42 Å². The van der Waals surface area contributed by atoms with Crippen molar-refractivity contribution in [3.8, 4) is 0 Å². The Morgan fingerprint density at radius 3 is 2.74 bits per heavy atom. The predicted octanol–water partition coefficient (Wildman–Crippen LogP) is 1.91. The Kier molecular flexibility index (Phi) is 7.74. The Morgan fingerprint density at radius 1 is 1.48 bits per heavy atom. The predicted molar refractivity (Wildman–Crippen MR) is 109 cm³/mol. The molecule has 0 amide bonds. The van der Waals surface area contributed by atoms with Gasteiger partial charge in [0.05, 0.1) is 11.1 Å². The number of nitrogens with one attached hydrogen (secondary N) is 2. The average molecular weight is 409 g/mol. The average Bonchev–Trinajstić information content (AvgIpc) is 3.13. The molecule has 10 heteroatoms. The van der Waals surface area contributed by atoms with Crippen LogP contribution in [0.25, 0.3) is 5.57 Å². The number of hydrogen-bond donors (Lipinski definition) is 5. The first kappa shape index (κ1) is 20.8. The van der Waals surface area contributed by atoms with Crippen LogP contribution in [-0.2, 0) is 4.79 Å².